The fraction of sp³-hybridized carbons (Fsp3) is 0.588. The number of carbonyl (C=O) groups excluding carboxylic acids is 3. The van der Waals surface area contributed by atoms with Crippen LogP contribution >= 0.6 is 23.5 Å². The van der Waals surface area contributed by atoms with Gasteiger partial charge in [-0.25, -0.2) is 9.59 Å². The third kappa shape index (κ3) is 11.7. The molecule has 0 saturated carbocycles. The normalized spacial score (nSPS) is 12.5. The van der Waals surface area contributed by atoms with E-state index in [2.05, 4.69) is 17.2 Å². The average molecular weight is 435 g/mol. The van der Waals surface area contributed by atoms with Crippen molar-refractivity contribution < 1.29 is 34.2 Å². The van der Waals surface area contributed by atoms with Gasteiger partial charge >= 0.3 is 11.9 Å². The number of hydrogen-bond acceptors (Lipinski definition) is 8. The molecule has 0 saturated heterocycles. The zero-order valence-electron chi connectivity index (χ0n) is 15.9. The van der Waals surface area contributed by atoms with Crippen LogP contribution in [0.3, 0.4) is 0 Å². The van der Waals surface area contributed by atoms with E-state index in [-0.39, 0.29) is 41.0 Å². The lowest BCUT2D eigenvalue weighted by atomic mass is 10.3. The van der Waals surface area contributed by atoms with Crippen molar-refractivity contribution in [3.8, 4) is 0 Å². The van der Waals surface area contributed by atoms with Crippen molar-refractivity contribution in [1.29, 1.82) is 0 Å². The standard InChI is InChI=1S/C17H26N2O7S2/c1-4-10(3)18-11(16(23)24)8-27-14(21)6-7-15(22)28-9-12(17(25)26)19-13(20)5-2/h11-12,18H,3-9H2,1-2H3,(H,19,20)(H,23,24)(H,25,26)/t11-,12-/m0/s1. The van der Waals surface area contributed by atoms with E-state index in [9.17, 15) is 24.0 Å². The number of carbonyl (C=O) groups is 5. The topological polar surface area (TPSA) is 150 Å². The van der Waals surface area contributed by atoms with Crippen molar-refractivity contribution in [2.75, 3.05) is 11.5 Å². The molecule has 0 bridgehead atoms. The molecule has 0 aromatic heterocycles. The van der Waals surface area contributed by atoms with Gasteiger partial charge in [0.15, 0.2) is 10.2 Å². The molecule has 11 heteroatoms. The van der Waals surface area contributed by atoms with Crippen LogP contribution in [0, 0.1) is 0 Å². The molecule has 0 heterocycles. The summed E-state index contributed by atoms with van der Waals surface area (Å²) >= 11 is 1.55. The summed E-state index contributed by atoms with van der Waals surface area (Å²) in [5, 5.41) is 22.5. The summed E-state index contributed by atoms with van der Waals surface area (Å²) < 4.78 is 0. The molecular weight excluding hydrogens is 408 g/mol. The van der Waals surface area contributed by atoms with Gasteiger partial charge in [0.2, 0.25) is 5.91 Å². The monoisotopic (exact) mass is 434 g/mol. The van der Waals surface area contributed by atoms with Gasteiger partial charge in [-0.3, -0.25) is 14.4 Å². The van der Waals surface area contributed by atoms with E-state index in [1.54, 1.807) is 6.92 Å². The molecule has 0 aromatic rings. The number of thioether (sulfide) groups is 2. The van der Waals surface area contributed by atoms with Gasteiger partial charge in [-0.15, -0.1) is 0 Å². The van der Waals surface area contributed by atoms with Crippen LogP contribution in [0.5, 0.6) is 0 Å². The van der Waals surface area contributed by atoms with Crippen molar-refractivity contribution in [1.82, 2.24) is 10.6 Å². The molecule has 1 amide bonds. The smallest absolute Gasteiger partial charge is 0.327 e. The molecule has 0 aliphatic rings. The maximum Gasteiger partial charge on any atom is 0.327 e. The van der Waals surface area contributed by atoms with E-state index in [0.717, 1.165) is 23.5 Å². The fourth-order valence-corrected chi connectivity index (χ4v) is 3.34. The Morgan fingerprint density at radius 3 is 1.61 bits per heavy atom. The van der Waals surface area contributed by atoms with Crippen LogP contribution in [0.1, 0.15) is 39.5 Å². The minimum atomic E-state index is -1.24. The number of allylic oxidation sites excluding steroid dienone is 1. The Bertz CT molecular complexity index is 558. The lowest BCUT2D eigenvalue weighted by Gasteiger charge is -2.15. The number of carboxylic acid groups (broad SMARTS) is 2. The lowest BCUT2D eigenvalue weighted by molar-refractivity contribution is -0.141. The minimum Gasteiger partial charge on any atom is -0.480 e. The van der Waals surface area contributed by atoms with Crippen LogP contribution in [0.4, 0.5) is 0 Å². The van der Waals surface area contributed by atoms with Gasteiger partial charge < -0.3 is 20.8 Å². The first-order valence-corrected chi connectivity index (χ1v) is 10.6. The van der Waals surface area contributed by atoms with E-state index in [1.165, 1.54) is 0 Å². The van der Waals surface area contributed by atoms with E-state index in [0.29, 0.717) is 12.1 Å². The first-order chi connectivity index (χ1) is 13.1. The molecule has 0 fully saturated rings. The summed E-state index contributed by atoms with van der Waals surface area (Å²) in [6, 6.07) is -2.13. The van der Waals surface area contributed by atoms with Crippen LogP contribution in [0.25, 0.3) is 0 Å². The highest BCUT2D eigenvalue weighted by Gasteiger charge is 2.22. The predicted octanol–water partition coefficient (Wildman–Crippen LogP) is 1.23. The van der Waals surface area contributed by atoms with E-state index >= 15 is 0 Å². The number of aliphatic carboxylic acids is 2. The van der Waals surface area contributed by atoms with E-state index < -0.39 is 29.9 Å². The van der Waals surface area contributed by atoms with Crippen molar-refractivity contribution in [2.45, 2.75) is 51.6 Å². The number of carboxylic acids is 2. The first kappa shape index (κ1) is 26.0. The third-order valence-corrected chi connectivity index (χ3v) is 5.47. The molecule has 4 N–H and O–H groups in total. The van der Waals surface area contributed by atoms with Gasteiger partial charge in [0.1, 0.15) is 12.1 Å². The summed E-state index contributed by atoms with van der Waals surface area (Å²) in [5.41, 5.74) is 0.551. The minimum absolute atomic E-state index is 0.00133. The van der Waals surface area contributed by atoms with Crippen LogP contribution in [0.2, 0.25) is 0 Å². The van der Waals surface area contributed by atoms with Crippen molar-refractivity contribution in [2.24, 2.45) is 0 Å². The molecule has 0 rings (SSSR count). The number of rotatable bonds is 14. The Balaban J connectivity index is 4.30. The highest BCUT2D eigenvalue weighted by Crippen LogP contribution is 2.15. The molecule has 158 valence electrons. The summed E-state index contributed by atoms with van der Waals surface area (Å²) in [4.78, 5) is 57.2. The Hall–Kier alpha value is -2.01. The Kier molecular flexibility index (Phi) is 13.0. The number of nitrogens with one attached hydrogen (secondary N) is 2. The SMILES string of the molecule is C=C(CC)N[C@@H](CSC(=O)CCC(=O)SC[C@H](NC(=O)CC)C(=O)O)C(=O)O. The van der Waals surface area contributed by atoms with Crippen molar-refractivity contribution in [3.05, 3.63) is 12.3 Å². The highest BCUT2D eigenvalue weighted by atomic mass is 32.2. The predicted molar refractivity (Wildman–Crippen MR) is 108 cm³/mol. The van der Waals surface area contributed by atoms with Gasteiger partial charge in [-0.05, 0) is 6.42 Å². The van der Waals surface area contributed by atoms with Gasteiger partial charge in [-0.1, -0.05) is 44.0 Å². The molecular formula is C17H26N2O7S2. The number of hydrogen-bond donors (Lipinski definition) is 4. The molecule has 0 aliphatic heterocycles. The summed E-state index contributed by atoms with van der Waals surface area (Å²) in [5.74, 6) is -2.91. The second-order valence-electron chi connectivity index (χ2n) is 5.67. The van der Waals surface area contributed by atoms with Crippen molar-refractivity contribution >= 4 is 51.6 Å². The Morgan fingerprint density at radius 2 is 1.25 bits per heavy atom. The molecule has 9 nitrogen and oxygen atoms in total. The summed E-state index contributed by atoms with van der Waals surface area (Å²) in [7, 11) is 0. The molecule has 0 aliphatic carbocycles. The maximum atomic E-state index is 11.9. The van der Waals surface area contributed by atoms with Crippen LogP contribution in [0.15, 0.2) is 12.3 Å². The average Bonchev–Trinajstić information content (AvgIpc) is 2.65. The third-order valence-electron chi connectivity index (χ3n) is 3.41. The summed E-state index contributed by atoms with van der Waals surface area (Å²) in [6.45, 7) is 7.07. The second-order valence-corrected chi connectivity index (χ2v) is 7.82. The molecule has 2 atom stereocenters. The second kappa shape index (κ2) is 14.1. The van der Waals surface area contributed by atoms with Gasteiger partial charge in [0, 0.05) is 36.5 Å². The van der Waals surface area contributed by atoms with Crippen LogP contribution in [-0.4, -0.2) is 61.9 Å². The molecule has 0 aromatic carbocycles. The first-order valence-electron chi connectivity index (χ1n) is 8.61. The Morgan fingerprint density at radius 1 is 0.821 bits per heavy atom. The summed E-state index contributed by atoms with van der Waals surface area (Å²) in [6.07, 6.45) is 0.504. The van der Waals surface area contributed by atoms with Crippen LogP contribution < -0.4 is 10.6 Å². The lowest BCUT2D eigenvalue weighted by Crippen LogP contribution is -2.42. The zero-order chi connectivity index (χ0) is 21.7. The van der Waals surface area contributed by atoms with Gasteiger partial charge in [0.25, 0.3) is 0 Å². The largest absolute Gasteiger partial charge is 0.480 e. The molecule has 28 heavy (non-hydrogen) atoms. The van der Waals surface area contributed by atoms with E-state index in [4.69, 9.17) is 10.2 Å². The van der Waals surface area contributed by atoms with Crippen molar-refractivity contribution in [3.63, 3.8) is 0 Å². The molecule has 0 unspecified atom stereocenters. The van der Waals surface area contributed by atoms with E-state index in [1.807, 2.05) is 6.92 Å². The van der Waals surface area contributed by atoms with Crippen LogP contribution in [-0.2, 0) is 24.0 Å². The molecule has 0 radical (unpaired) electrons. The number of amides is 1. The fourth-order valence-electron chi connectivity index (χ4n) is 1.70. The maximum absolute atomic E-state index is 11.9. The zero-order valence-corrected chi connectivity index (χ0v) is 17.5. The highest BCUT2D eigenvalue weighted by molar-refractivity contribution is 8.14. The molecule has 0 spiro atoms. The van der Waals surface area contributed by atoms with Gasteiger partial charge in [0.05, 0.1) is 0 Å². The Labute approximate surface area is 172 Å². The quantitative estimate of drug-likeness (QED) is 0.314. The van der Waals surface area contributed by atoms with Gasteiger partial charge in [-0.2, -0.15) is 0 Å².